The molecule has 176 valence electrons. The lowest BCUT2D eigenvalue weighted by Gasteiger charge is -2.17. The smallest absolute Gasteiger partial charge is 0.465 e. The molecule has 11 nitrogen and oxygen atoms in total. The molecule has 0 saturated heterocycles. The van der Waals surface area contributed by atoms with Crippen LogP contribution in [0.5, 0.6) is 11.5 Å². The fourth-order valence-electron chi connectivity index (χ4n) is 1.91. The van der Waals surface area contributed by atoms with Crippen LogP contribution < -0.4 is 14.2 Å². The largest absolute Gasteiger partial charge is 0.534 e. The van der Waals surface area contributed by atoms with E-state index in [2.05, 4.69) is 19.2 Å². The lowest BCUT2D eigenvalue weighted by atomic mass is 10.2. The first kappa shape index (κ1) is 26.4. The number of rotatable bonds is 12. The van der Waals surface area contributed by atoms with Crippen LogP contribution in [0.15, 0.2) is 6.20 Å². The van der Waals surface area contributed by atoms with Crippen LogP contribution in [-0.2, 0) is 29.1 Å². The van der Waals surface area contributed by atoms with Crippen LogP contribution in [0.2, 0.25) is 0 Å². The summed E-state index contributed by atoms with van der Waals surface area (Å²) in [6.45, 7) is 2.10. The number of carbonyl (C=O) groups is 2. The molecule has 1 heterocycles. The van der Waals surface area contributed by atoms with E-state index in [1.165, 1.54) is 7.11 Å². The van der Waals surface area contributed by atoms with Gasteiger partial charge in [0.2, 0.25) is 0 Å². The lowest BCUT2D eigenvalue weighted by Crippen LogP contribution is -2.32. The molecule has 0 aliphatic carbocycles. The molecule has 1 aromatic heterocycles. The maximum absolute atomic E-state index is 12.6. The number of hydrogen-bond acceptors (Lipinski definition) is 10. The molecule has 0 aliphatic rings. The second-order valence-corrected chi connectivity index (χ2v) is 7.10. The molecule has 0 aromatic carbocycles. The molecule has 0 bridgehead atoms. The quantitative estimate of drug-likeness (QED) is 0.153. The Morgan fingerprint density at radius 1 is 1.23 bits per heavy atom. The van der Waals surface area contributed by atoms with Gasteiger partial charge in [-0.3, -0.25) is 9.59 Å². The van der Waals surface area contributed by atoms with Gasteiger partial charge in [-0.05, 0) is 13.8 Å². The van der Waals surface area contributed by atoms with Crippen LogP contribution in [-0.4, -0.2) is 71.1 Å². The molecule has 0 radical (unpaired) electrons. The number of alkyl halides is 3. The predicted molar refractivity (Wildman–Crippen MR) is 96.9 cm³/mol. The molecule has 31 heavy (non-hydrogen) atoms. The van der Waals surface area contributed by atoms with Gasteiger partial charge in [0.25, 0.3) is 5.91 Å². The van der Waals surface area contributed by atoms with Crippen molar-refractivity contribution in [3.63, 3.8) is 0 Å². The highest BCUT2D eigenvalue weighted by molar-refractivity contribution is 7.88. The Balaban J connectivity index is 3.16. The summed E-state index contributed by atoms with van der Waals surface area (Å²) in [6, 6.07) is 0. The topological polar surface area (TPSA) is 139 Å². The highest BCUT2D eigenvalue weighted by Crippen LogP contribution is 2.34. The van der Waals surface area contributed by atoms with Crippen molar-refractivity contribution in [2.45, 2.75) is 19.4 Å². The Hall–Kier alpha value is -2.65. The third-order valence-electron chi connectivity index (χ3n) is 3.35. The number of aromatic nitrogens is 1. The Bertz CT molecular complexity index is 876. The minimum Gasteiger partial charge on any atom is -0.465 e. The SMILES string of the molecule is CCOC(=O)CNC(=O)c1ncc(OS(=O)(=O)C(F)(F)F)c(C)c1OCOCCOC. The second kappa shape index (κ2) is 11.7. The van der Waals surface area contributed by atoms with Crippen molar-refractivity contribution >= 4 is 22.0 Å². The Morgan fingerprint density at radius 3 is 2.48 bits per heavy atom. The molecule has 1 rings (SSSR count). The third-order valence-corrected chi connectivity index (χ3v) is 4.32. The lowest BCUT2D eigenvalue weighted by molar-refractivity contribution is -0.141. The number of amides is 1. The van der Waals surface area contributed by atoms with Gasteiger partial charge in [-0.25, -0.2) is 4.98 Å². The van der Waals surface area contributed by atoms with E-state index in [1.807, 2.05) is 0 Å². The number of nitrogens with zero attached hydrogens (tertiary/aromatic N) is 1. The van der Waals surface area contributed by atoms with Crippen molar-refractivity contribution in [1.82, 2.24) is 10.3 Å². The van der Waals surface area contributed by atoms with Crippen LogP contribution >= 0.6 is 0 Å². The molecule has 0 atom stereocenters. The molecule has 15 heteroatoms. The summed E-state index contributed by atoms with van der Waals surface area (Å²) >= 11 is 0. The number of methoxy groups -OCH3 is 1. The third kappa shape index (κ3) is 7.84. The monoisotopic (exact) mass is 474 g/mol. The molecular weight excluding hydrogens is 453 g/mol. The molecule has 0 saturated carbocycles. The van der Waals surface area contributed by atoms with Crippen LogP contribution in [0.3, 0.4) is 0 Å². The van der Waals surface area contributed by atoms with Gasteiger partial charge in [0.1, 0.15) is 6.54 Å². The molecule has 1 aromatic rings. The summed E-state index contributed by atoms with van der Waals surface area (Å²) in [5, 5.41) is 2.20. The molecule has 0 fully saturated rings. The summed E-state index contributed by atoms with van der Waals surface area (Å²) in [4.78, 5) is 27.4. The van der Waals surface area contributed by atoms with E-state index in [4.69, 9.17) is 14.2 Å². The van der Waals surface area contributed by atoms with E-state index in [0.717, 1.165) is 6.92 Å². The van der Waals surface area contributed by atoms with Crippen LogP contribution in [0.25, 0.3) is 0 Å². The van der Waals surface area contributed by atoms with Gasteiger partial charge in [0.15, 0.2) is 24.0 Å². The number of esters is 1. The van der Waals surface area contributed by atoms with Gasteiger partial charge in [0, 0.05) is 12.7 Å². The average molecular weight is 474 g/mol. The number of halogens is 3. The Labute approximate surface area is 175 Å². The van der Waals surface area contributed by atoms with E-state index >= 15 is 0 Å². The number of carbonyl (C=O) groups excluding carboxylic acids is 2. The minimum absolute atomic E-state index is 0.0823. The first-order valence-corrected chi connectivity index (χ1v) is 9.99. The number of nitrogens with one attached hydrogen (secondary N) is 1. The zero-order valence-electron chi connectivity index (χ0n) is 16.8. The molecule has 0 aliphatic heterocycles. The summed E-state index contributed by atoms with van der Waals surface area (Å²) in [7, 11) is -4.57. The first-order chi connectivity index (χ1) is 14.4. The van der Waals surface area contributed by atoms with Gasteiger partial charge in [-0.15, -0.1) is 0 Å². The van der Waals surface area contributed by atoms with Gasteiger partial charge in [0.05, 0.1) is 26.0 Å². The van der Waals surface area contributed by atoms with Gasteiger partial charge >= 0.3 is 21.6 Å². The fourth-order valence-corrected chi connectivity index (χ4v) is 2.40. The second-order valence-electron chi connectivity index (χ2n) is 5.56. The van der Waals surface area contributed by atoms with Gasteiger partial charge in [-0.2, -0.15) is 21.6 Å². The summed E-state index contributed by atoms with van der Waals surface area (Å²) < 4.78 is 84.3. The number of hydrogen-bond donors (Lipinski definition) is 1. The number of pyridine rings is 1. The zero-order valence-corrected chi connectivity index (χ0v) is 17.6. The summed E-state index contributed by atoms with van der Waals surface area (Å²) in [6.07, 6.45) is 0.608. The van der Waals surface area contributed by atoms with Crippen molar-refractivity contribution in [3.05, 3.63) is 17.5 Å². The van der Waals surface area contributed by atoms with Crippen LogP contribution in [0.1, 0.15) is 23.0 Å². The van der Waals surface area contributed by atoms with Crippen molar-refractivity contribution in [2.75, 3.05) is 40.3 Å². The van der Waals surface area contributed by atoms with E-state index in [0.29, 0.717) is 6.20 Å². The van der Waals surface area contributed by atoms with Crippen LogP contribution in [0.4, 0.5) is 13.2 Å². The molecular formula is C16H21F3N2O9S. The van der Waals surface area contributed by atoms with Crippen molar-refractivity contribution < 1.29 is 54.3 Å². The highest BCUT2D eigenvalue weighted by Gasteiger charge is 2.49. The highest BCUT2D eigenvalue weighted by atomic mass is 32.2. The average Bonchev–Trinajstić information content (AvgIpc) is 2.67. The normalized spacial score (nSPS) is 11.7. The predicted octanol–water partition coefficient (Wildman–Crippen LogP) is 0.911. The van der Waals surface area contributed by atoms with E-state index < -0.39 is 58.0 Å². The Morgan fingerprint density at radius 2 is 1.90 bits per heavy atom. The summed E-state index contributed by atoms with van der Waals surface area (Å²) in [5.74, 6) is -2.90. The summed E-state index contributed by atoms with van der Waals surface area (Å²) in [5.41, 5.74) is -6.41. The maximum atomic E-state index is 12.6. The molecule has 0 spiro atoms. The molecule has 0 unspecified atom stereocenters. The zero-order chi connectivity index (χ0) is 23.7. The van der Waals surface area contributed by atoms with E-state index in [1.54, 1.807) is 6.92 Å². The van der Waals surface area contributed by atoms with Crippen molar-refractivity contribution in [3.8, 4) is 11.5 Å². The minimum atomic E-state index is -5.99. The molecule has 1 N–H and O–H groups in total. The van der Waals surface area contributed by atoms with Crippen LogP contribution in [0, 0.1) is 6.92 Å². The number of ether oxygens (including phenoxy) is 4. The van der Waals surface area contributed by atoms with E-state index in [-0.39, 0.29) is 25.4 Å². The standard InChI is InChI=1S/C16H21F3N2O9S/c1-4-28-12(22)8-21-15(23)13-14(29-9-27-6-5-26-3)10(2)11(7-20-13)30-31(24,25)16(17,18)19/h7H,4-6,8-9H2,1-3H3,(H,21,23). The molecule has 1 amide bonds. The maximum Gasteiger partial charge on any atom is 0.534 e. The fraction of sp³-hybridized carbons (Fsp3) is 0.562. The first-order valence-electron chi connectivity index (χ1n) is 8.58. The van der Waals surface area contributed by atoms with Gasteiger partial charge < -0.3 is 28.4 Å². The van der Waals surface area contributed by atoms with Crippen molar-refractivity contribution in [2.24, 2.45) is 0 Å². The van der Waals surface area contributed by atoms with Crippen molar-refractivity contribution in [1.29, 1.82) is 0 Å². The Kier molecular flexibility index (Phi) is 9.93. The van der Waals surface area contributed by atoms with Gasteiger partial charge in [-0.1, -0.05) is 0 Å². The van der Waals surface area contributed by atoms with E-state index in [9.17, 15) is 31.2 Å².